The van der Waals surface area contributed by atoms with Crippen LogP contribution in [0.4, 0.5) is 13.2 Å². The highest BCUT2D eigenvalue weighted by atomic mass is 19.4. The van der Waals surface area contributed by atoms with E-state index in [0.29, 0.717) is 53.8 Å². The van der Waals surface area contributed by atoms with Gasteiger partial charge in [-0.1, -0.05) is 37.3 Å². The maximum absolute atomic E-state index is 13.5. The van der Waals surface area contributed by atoms with Crippen molar-refractivity contribution in [1.82, 2.24) is 5.32 Å². The average molecular weight is 584 g/mol. The minimum absolute atomic E-state index is 0.0922. The van der Waals surface area contributed by atoms with Gasteiger partial charge in [0.25, 0.3) is 0 Å². The van der Waals surface area contributed by atoms with Crippen molar-refractivity contribution in [2.24, 2.45) is 11.7 Å². The van der Waals surface area contributed by atoms with Crippen LogP contribution in [0.15, 0.2) is 74.3 Å². The SMILES string of the molecule is CC(CC(=O)O)[C@@H](NCCCN)c1oc2cc(C#N)ccc2c(=O)c1Cc1ccccc1.Cc1ccc(C(F)(F)F)o1. The molecule has 8 nitrogen and oxygen atoms in total. The first-order valence-electron chi connectivity index (χ1n) is 13.3. The van der Waals surface area contributed by atoms with Gasteiger partial charge in [0.15, 0.2) is 5.43 Å². The number of carboxylic acids is 1. The molecule has 4 N–H and O–H groups in total. The number of benzene rings is 2. The lowest BCUT2D eigenvalue weighted by molar-refractivity contribution is -0.153. The van der Waals surface area contributed by atoms with Crippen LogP contribution < -0.4 is 16.5 Å². The Balaban J connectivity index is 0.000000408. The number of carbonyl (C=O) groups is 1. The standard InChI is InChI=1S/C25H27N3O4.C6H5F3O/c1-16(12-22(29)30)23(28-11-5-10-26)25-20(13-17-6-3-2-4-7-17)24(31)19-9-8-18(15-27)14-21(19)32-25;1-4-2-3-5(10-4)6(7,8)9/h2-4,6-9,14,16,23,28H,5,10-13,26H2,1H3,(H,29,30);2-3H,1H3/t16?,23-;/m1./s1. The van der Waals surface area contributed by atoms with Crippen LogP contribution in [0.5, 0.6) is 0 Å². The van der Waals surface area contributed by atoms with E-state index in [1.54, 1.807) is 18.2 Å². The number of nitrogens with zero attached hydrogens (tertiary/aromatic N) is 1. The highest BCUT2D eigenvalue weighted by Crippen LogP contribution is 2.31. The van der Waals surface area contributed by atoms with Gasteiger partial charge >= 0.3 is 12.1 Å². The highest BCUT2D eigenvalue weighted by Gasteiger charge is 2.34. The molecule has 0 radical (unpaired) electrons. The van der Waals surface area contributed by atoms with Crippen molar-refractivity contribution >= 4 is 16.9 Å². The van der Waals surface area contributed by atoms with Gasteiger partial charge in [-0.15, -0.1) is 0 Å². The molecule has 0 spiro atoms. The molecule has 0 fully saturated rings. The van der Waals surface area contributed by atoms with E-state index in [-0.39, 0.29) is 23.5 Å². The summed E-state index contributed by atoms with van der Waals surface area (Å²) in [6.07, 6.45) is -3.40. The number of hydrogen-bond donors (Lipinski definition) is 3. The molecular weight excluding hydrogens is 551 g/mol. The van der Waals surface area contributed by atoms with E-state index in [1.165, 1.54) is 13.0 Å². The van der Waals surface area contributed by atoms with Crippen molar-refractivity contribution in [1.29, 1.82) is 5.26 Å². The van der Waals surface area contributed by atoms with Gasteiger partial charge in [-0.3, -0.25) is 9.59 Å². The lowest BCUT2D eigenvalue weighted by atomic mass is 9.90. The zero-order valence-corrected chi connectivity index (χ0v) is 23.2. The number of furan rings is 1. The molecule has 2 aromatic heterocycles. The molecule has 2 heterocycles. The van der Waals surface area contributed by atoms with Crippen LogP contribution in [0.1, 0.15) is 59.8 Å². The van der Waals surface area contributed by atoms with Gasteiger partial charge in [0.05, 0.1) is 23.1 Å². The van der Waals surface area contributed by atoms with E-state index in [2.05, 4.69) is 15.8 Å². The summed E-state index contributed by atoms with van der Waals surface area (Å²) in [6.45, 7) is 4.32. The van der Waals surface area contributed by atoms with Gasteiger partial charge in [-0.25, -0.2) is 0 Å². The number of nitriles is 1. The molecule has 11 heteroatoms. The fraction of sp³-hybridized carbons (Fsp3) is 0.323. The van der Waals surface area contributed by atoms with E-state index in [4.69, 9.17) is 10.2 Å². The lowest BCUT2D eigenvalue weighted by Gasteiger charge is -2.25. The topological polar surface area (TPSA) is 142 Å². The molecule has 2 atom stereocenters. The number of nitrogens with two attached hydrogens (primary N) is 1. The summed E-state index contributed by atoms with van der Waals surface area (Å²) in [7, 11) is 0. The Bertz CT molecular complexity index is 1590. The number of aliphatic carboxylic acids is 1. The van der Waals surface area contributed by atoms with Gasteiger partial charge in [0.1, 0.15) is 17.1 Å². The minimum atomic E-state index is -4.35. The molecule has 222 valence electrons. The number of nitrogens with one attached hydrogen (secondary N) is 1. The Labute approximate surface area is 240 Å². The highest BCUT2D eigenvalue weighted by molar-refractivity contribution is 5.79. The third kappa shape index (κ3) is 8.55. The van der Waals surface area contributed by atoms with Crippen molar-refractivity contribution in [2.75, 3.05) is 13.1 Å². The fourth-order valence-corrected chi connectivity index (χ4v) is 4.43. The Morgan fingerprint density at radius 2 is 1.83 bits per heavy atom. The number of aryl methyl sites for hydroxylation is 1. The van der Waals surface area contributed by atoms with Crippen LogP contribution in [-0.2, 0) is 17.4 Å². The van der Waals surface area contributed by atoms with Crippen molar-refractivity contribution in [3.05, 3.63) is 105 Å². The molecular formula is C31H32F3N3O5. The van der Waals surface area contributed by atoms with Crippen molar-refractivity contribution in [2.45, 2.75) is 45.3 Å². The molecule has 0 aliphatic heterocycles. The second-order valence-corrected chi connectivity index (χ2v) is 9.82. The largest absolute Gasteiger partial charge is 0.481 e. The van der Waals surface area contributed by atoms with E-state index in [0.717, 1.165) is 11.6 Å². The second-order valence-electron chi connectivity index (χ2n) is 9.82. The number of alkyl halides is 3. The second kappa shape index (κ2) is 14.5. The van der Waals surface area contributed by atoms with Crippen LogP contribution in [0.2, 0.25) is 0 Å². The molecule has 0 amide bonds. The van der Waals surface area contributed by atoms with E-state index in [1.807, 2.05) is 37.3 Å². The summed E-state index contributed by atoms with van der Waals surface area (Å²) in [4.78, 5) is 25.0. The van der Waals surface area contributed by atoms with Gasteiger partial charge < -0.3 is 25.0 Å². The van der Waals surface area contributed by atoms with Crippen LogP contribution >= 0.6 is 0 Å². The predicted octanol–water partition coefficient (Wildman–Crippen LogP) is 5.95. The predicted molar refractivity (Wildman–Crippen MR) is 151 cm³/mol. The Kier molecular flexibility index (Phi) is 11.1. The zero-order chi connectivity index (χ0) is 30.9. The molecule has 4 rings (SSSR count). The Morgan fingerprint density at radius 1 is 1.12 bits per heavy atom. The summed E-state index contributed by atoms with van der Waals surface area (Å²) in [5, 5.41) is 22.4. The molecule has 0 aliphatic carbocycles. The number of fused-ring (bicyclic) bond motifs is 1. The summed E-state index contributed by atoms with van der Waals surface area (Å²) in [5.74, 6) is -1.54. The van der Waals surface area contributed by atoms with Gasteiger partial charge in [0.2, 0.25) is 5.76 Å². The molecule has 1 unspecified atom stereocenters. The first kappa shape index (κ1) is 32.1. The monoisotopic (exact) mass is 583 g/mol. The van der Waals surface area contributed by atoms with Gasteiger partial charge in [-0.05, 0) is 68.2 Å². The van der Waals surface area contributed by atoms with Crippen LogP contribution in [0, 0.1) is 24.2 Å². The molecule has 2 aromatic carbocycles. The smallest absolute Gasteiger partial charge is 0.449 e. The molecule has 42 heavy (non-hydrogen) atoms. The van der Waals surface area contributed by atoms with Gasteiger partial charge in [0, 0.05) is 18.4 Å². The fourth-order valence-electron chi connectivity index (χ4n) is 4.43. The molecule has 0 bridgehead atoms. The maximum atomic E-state index is 13.5. The lowest BCUT2D eigenvalue weighted by Crippen LogP contribution is -2.32. The molecule has 0 saturated carbocycles. The minimum Gasteiger partial charge on any atom is -0.481 e. The normalized spacial score (nSPS) is 12.7. The van der Waals surface area contributed by atoms with Crippen molar-refractivity contribution < 1.29 is 31.9 Å². The van der Waals surface area contributed by atoms with Crippen molar-refractivity contribution in [3.8, 4) is 6.07 Å². The third-order valence-electron chi connectivity index (χ3n) is 6.48. The maximum Gasteiger partial charge on any atom is 0.449 e. The average Bonchev–Trinajstić information content (AvgIpc) is 3.40. The number of carboxylic acid groups (broad SMARTS) is 1. The zero-order valence-electron chi connectivity index (χ0n) is 23.2. The Morgan fingerprint density at radius 3 is 2.38 bits per heavy atom. The van der Waals surface area contributed by atoms with E-state index in [9.17, 15) is 33.1 Å². The van der Waals surface area contributed by atoms with Crippen LogP contribution in [0.3, 0.4) is 0 Å². The van der Waals surface area contributed by atoms with E-state index < -0.39 is 23.9 Å². The number of rotatable bonds is 10. The quantitative estimate of drug-likeness (QED) is 0.194. The molecule has 0 saturated heterocycles. The first-order chi connectivity index (χ1) is 19.9. The third-order valence-corrected chi connectivity index (χ3v) is 6.48. The molecule has 4 aromatic rings. The van der Waals surface area contributed by atoms with Crippen LogP contribution in [0.25, 0.3) is 11.0 Å². The molecule has 0 aliphatic rings. The van der Waals surface area contributed by atoms with E-state index >= 15 is 0 Å². The van der Waals surface area contributed by atoms with Crippen LogP contribution in [-0.4, -0.2) is 24.2 Å². The van der Waals surface area contributed by atoms with Crippen molar-refractivity contribution in [3.63, 3.8) is 0 Å². The number of hydrogen-bond acceptors (Lipinski definition) is 7. The Hall–Kier alpha value is -4.40. The van der Waals surface area contributed by atoms with Gasteiger partial charge in [-0.2, -0.15) is 18.4 Å². The summed E-state index contributed by atoms with van der Waals surface area (Å²) >= 11 is 0. The number of halogens is 3. The summed E-state index contributed by atoms with van der Waals surface area (Å²) < 4.78 is 45.7. The first-order valence-corrected chi connectivity index (χ1v) is 13.3. The summed E-state index contributed by atoms with van der Waals surface area (Å²) in [5.41, 5.74) is 7.58. The summed E-state index contributed by atoms with van der Waals surface area (Å²) in [6, 6.07) is 18.1.